The fourth-order valence-corrected chi connectivity index (χ4v) is 2.90. The van der Waals surface area contributed by atoms with E-state index in [2.05, 4.69) is 10.6 Å². The zero-order valence-electron chi connectivity index (χ0n) is 9.12. The summed E-state index contributed by atoms with van der Waals surface area (Å²) < 4.78 is 1.53. The second-order valence-corrected chi connectivity index (χ2v) is 4.85. The van der Waals surface area contributed by atoms with Crippen molar-refractivity contribution < 1.29 is 4.79 Å². The van der Waals surface area contributed by atoms with E-state index in [-0.39, 0.29) is 11.5 Å². The molecule has 6 heteroatoms. The number of hydrogen-bond donors (Lipinski definition) is 2. The van der Waals surface area contributed by atoms with Crippen molar-refractivity contribution in [2.45, 2.75) is 18.5 Å². The van der Waals surface area contributed by atoms with Crippen LogP contribution in [0, 0.1) is 0 Å². The van der Waals surface area contributed by atoms with Gasteiger partial charge in [0.05, 0.1) is 5.02 Å². The van der Waals surface area contributed by atoms with Crippen LogP contribution in [-0.2, 0) is 5.66 Å². The molecule has 17 heavy (non-hydrogen) atoms. The van der Waals surface area contributed by atoms with Crippen LogP contribution in [0.3, 0.4) is 0 Å². The Hall–Kier alpha value is -1.33. The lowest BCUT2D eigenvalue weighted by molar-refractivity contribution is 0.0886. The molecule has 3 heterocycles. The molecule has 0 aromatic carbocycles. The van der Waals surface area contributed by atoms with Gasteiger partial charge in [0.25, 0.3) is 11.5 Å². The summed E-state index contributed by atoms with van der Waals surface area (Å²) in [6.45, 7) is 1.55. The molecule has 1 spiro atoms. The first kappa shape index (κ1) is 10.8. The van der Waals surface area contributed by atoms with Crippen molar-refractivity contribution in [1.82, 2.24) is 15.2 Å². The SMILES string of the molecule is O=C1NC2(CCNCC2)n2c1c(Cl)ccc2=O. The summed E-state index contributed by atoms with van der Waals surface area (Å²) in [6, 6.07) is 2.89. The van der Waals surface area contributed by atoms with E-state index >= 15 is 0 Å². The number of nitrogens with zero attached hydrogens (tertiary/aromatic N) is 1. The molecule has 1 aromatic heterocycles. The van der Waals surface area contributed by atoms with Crippen LogP contribution in [0.1, 0.15) is 23.3 Å². The number of fused-ring (bicyclic) bond motifs is 2. The molecule has 5 nitrogen and oxygen atoms in total. The number of carbonyl (C=O) groups excluding carboxylic acids is 1. The number of nitrogens with one attached hydrogen (secondary N) is 2. The highest BCUT2D eigenvalue weighted by atomic mass is 35.5. The van der Waals surface area contributed by atoms with Crippen molar-refractivity contribution in [3.05, 3.63) is 33.2 Å². The predicted octanol–water partition coefficient (Wildman–Crippen LogP) is 0.281. The van der Waals surface area contributed by atoms with Crippen molar-refractivity contribution in [2.75, 3.05) is 13.1 Å². The average Bonchev–Trinajstić information content (AvgIpc) is 2.59. The molecule has 0 radical (unpaired) electrons. The van der Waals surface area contributed by atoms with Gasteiger partial charge < -0.3 is 10.6 Å². The van der Waals surface area contributed by atoms with Gasteiger partial charge in [-0.25, -0.2) is 0 Å². The third kappa shape index (κ3) is 1.42. The predicted molar refractivity (Wildman–Crippen MR) is 63.3 cm³/mol. The van der Waals surface area contributed by atoms with Gasteiger partial charge >= 0.3 is 0 Å². The molecular formula is C11H12ClN3O2. The minimum atomic E-state index is -0.584. The van der Waals surface area contributed by atoms with Gasteiger partial charge in [-0.2, -0.15) is 0 Å². The molecule has 2 N–H and O–H groups in total. The quantitative estimate of drug-likeness (QED) is 0.698. The summed E-state index contributed by atoms with van der Waals surface area (Å²) in [7, 11) is 0. The maximum atomic E-state index is 12.0. The number of halogens is 1. The Bertz CT molecular complexity index is 546. The monoisotopic (exact) mass is 253 g/mol. The van der Waals surface area contributed by atoms with Gasteiger partial charge in [-0.3, -0.25) is 14.2 Å². The summed E-state index contributed by atoms with van der Waals surface area (Å²) in [4.78, 5) is 23.9. The van der Waals surface area contributed by atoms with Crippen LogP contribution in [0.4, 0.5) is 0 Å². The Balaban J connectivity index is 2.25. The van der Waals surface area contributed by atoms with Crippen molar-refractivity contribution in [1.29, 1.82) is 0 Å². The third-order valence-corrected chi connectivity index (χ3v) is 3.77. The van der Waals surface area contributed by atoms with E-state index in [1.165, 1.54) is 16.7 Å². The van der Waals surface area contributed by atoms with Gasteiger partial charge in [-0.05, 0) is 19.2 Å². The van der Waals surface area contributed by atoms with E-state index in [0.29, 0.717) is 23.6 Å². The highest BCUT2D eigenvalue weighted by Gasteiger charge is 2.44. The first-order chi connectivity index (χ1) is 8.14. The van der Waals surface area contributed by atoms with E-state index in [9.17, 15) is 9.59 Å². The smallest absolute Gasteiger partial charge is 0.271 e. The van der Waals surface area contributed by atoms with Crippen LogP contribution in [0.25, 0.3) is 0 Å². The number of aromatic nitrogens is 1. The van der Waals surface area contributed by atoms with Crippen LogP contribution >= 0.6 is 11.6 Å². The van der Waals surface area contributed by atoms with Crippen LogP contribution in [0.5, 0.6) is 0 Å². The van der Waals surface area contributed by atoms with E-state index in [0.717, 1.165) is 13.1 Å². The Morgan fingerprint density at radius 2 is 1.94 bits per heavy atom. The molecule has 1 saturated heterocycles. The molecule has 0 atom stereocenters. The molecule has 1 fully saturated rings. The van der Waals surface area contributed by atoms with Crippen molar-refractivity contribution in [2.24, 2.45) is 0 Å². The maximum Gasteiger partial charge on any atom is 0.271 e. The van der Waals surface area contributed by atoms with Gasteiger partial charge in [-0.1, -0.05) is 11.6 Å². The maximum absolute atomic E-state index is 12.0. The topological polar surface area (TPSA) is 63.1 Å². The number of carbonyl (C=O) groups is 1. The van der Waals surface area contributed by atoms with Crippen LogP contribution in [-0.4, -0.2) is 23.6 Å². The molecule has 1 amide bonds. The highest BCUT2D eigenvalue weighted by Crippen LogP contribution is 2.32. The molecule has 0 unspecified atom stereocenters. The molecule has 2 aliphatic heterocycles. The molecule has 0 bridgehead atoms. The first-order valence-electron chi connectivity index (χ1n) is 5.59. The molecule has 1 aromatic rings. The molecule has 3 rings (SSSR count). The number of piperidine rings is 1. The van der Waals surface area contributed by atoms with Gasteiger partial charge in [0.2, 0.25) is 0 Å². The number of rotatable bonds is 0. The van der Waals surface area contributed by atoms with Gasteiger partial charge in [0, 0.05) is 18.9 Å². The van der Waals surface area contributed by atoms with Crippen LogP contribution in [0.15, 0.2) is 16.9 Å². The summed E-state index contributed by atoms with van der Waals surface area (Å²) in [6.07, 6.45) is 1.40. The Morgan fingerprint density at radius 1 is 1.24 bits per heavy atom. The van der Waals surface area contributed by atoms with E-state index < -0.39 is 5.66 Å². The summed E-state index contributed by atoms with van der Waals surface area (Å²) >= 11 is 6.00. The minimum Gasteiger partial charge on any atom is -0.327 e. The van der Waals surface area contributed by atoms with Crippen molar-refractivity contribution in [3.63, 3.8) is 0 Å². The highest BCUT2D eigenvalue weighted by molar-refractivity contribution is 6.33. The van der Waals surface area contributed by atoms with E-state index in [4.69, 9.17) is 11.6 Å². The van der Waals surface area contributed by atoms with Crippen molar-refractivity contribution >= 4 is 17.5 Å². The first-order valence-corrected chi connectivity index (χ1v) is 5.97. The molecule has 2 aliphatic rings. The van der Waals surface area contributed by atoms with E-state index in [1.807, 2.05) is 0 Å². The Labute approximate surface area is 103 Å². The summed E-state index contributed by atoms with van der Waals surface area (Å²) in [5.74, 6) is -0.255. The van der Waals surface area contributed by atoms with Crippen molar-refractivity contribution in [3.8, 4) is 0 Å². The number of pyridine rings is 1. The standard InChI is InChI=1S/C11H12ClN3O2/c12-7-1-2-8(16)15-9(7)10(17)14-11(15)3-5-13-6-4-11/h1-2,13H,3-6H2,(H,14,17). The largest absolute Gasteiger partial charge is 0.327 e. The lowest BCUT2D eigenvalue weighted by atomic mass is 9.98. The van der Waals surface area contributed by atoms with Crippen LogP contribution in [0.2, 0.25) is 5.02 Å². The normalized spacial score (nSPS) is 21.4. The third-order valence-electron chi connectivity index (χ3n) is 3.46. The number of amides is 1. The van der Waals surface area contributed by atoms with E-state index in [1.54, 1.807) is 0 Å². The van der Waals surface area contributed by atoms with Gasteiger partial charge in [0.1, 0.15) is 11.4 Å². The Morgan fingerprint density at radius 3 is 2.65 bits per heavy atom. The fourth-order valence-electron chi connectivity index (χ4n) is 2.67. The second-order valence-electron chi connectivity index (χ2n) is 4.44. The molecule has 90 valence electrons. The lowest BCUT2D eigenvalue weighted by Crippen LogP contribution is -2.53. The lowest BCUT2D eigenvalue weighted by Gasteiger charge is -2.35. The second kappa shape index (κ2) is 3.58. The molecular weight excluding hydrogens is 242 g/mol. The molecule has 0 aliphatic carbocycles. The Kier molecular flexibility index (Phi) is 2.27. The summed E-state index contributed by atoms with van der Waals surface area (Å²) in [5, 5.41) is 6.46. The average molecular weight is 254 g/mol. The van der Waals surface area contributed by atoms with Gasteiger partial charge in [0.15, 0.2) is 0 Å². The zero-order chi connectivity index (χ0) is 12.0. The molecule has 0 saturated carbocycles. The summed E-state index contributed by atoms with van der Waals surface area (Å²) in [5.41, 5.74) is -0.467. The number of hydrogen-bond acceptors (Lipinski definition) is 3. The fraction of sp³-hybridized carbons (Fsp3) is 0.455. The van der Waals surface area contributed by atoms with Crippen LogP contribution < -0.4 is 16.2 Å². The zero-order valence-corrected chi connectivity index (χ0v) is 9.88. The van der Waals surface area contributed by atoms with Gasteiger partial charge in [-0.15, -0.1) is 0 Å². The minimum absolute atomic E-state index is 0.176.